The maximum Gasteiger partial charge on any atom is 0.225 e. The highest BCUT2D eigenvalue weighted by Gasteiger charge is 2.19. The predicted molar refractivity (Wildman–Crippen MR) is 125 cm³/mol. The first-order valence-corrected chi connectivity index (χ1v) is 10.2. The molecule has 152 valence electrons. The van der Waals surface area contributed by atoms with Crippen LogP contribution < -0.4 is 11.1 Å². The Kier molecular flexibility index (Phi) is 4.98. The van der Waals surface area contributed by atoms with Crippen molar-refractivity contribution in [2.75, 3.05) is 11.1 Å². The second-order valence-electron chi connectivity index (χ2n) is 7.07. The summed E-state index contributed by atoms with van der Waals surface area (Å²) in [6, 6.07) is 27.3. The van der Waals surface area contributed by atoms with Gasteiger partial charge in [0, 0.05) is 17.1 Å². The van der Waals surface area contributed by atoms with E-state index in [1.54, 1.807) is 4.68 Å². The number of hydrogen-bond acceptors (Lipinski definition) is 5. The molecular weight excluding hydrogens is 408 g/mol. The summed E-state index contributed by atoms with van der Waals surface area (Å²) < 4.78 is 1.69. The Labute approximate surface area is 184 Å². The van der Waals surface area contributed by atoms with Crippen molar-refractivity contribution in [1.82, 2.24) is 19.7 Å². The number of anilines is 2. The van der Waals surface area contributed by atoms with Crippen LogP contribution in [0.2, 0.25) is 5.02 Å². The van der Waals surface area contributed by atoms with E-state index in [2.05, 4.69) is 15.4 Å². The van der Waals surface area contributed by atoms with E-state index in [9.17, 15) is 0 Å². The average Bonchev–Trinajstić information content (AvgIpc) is 3.15. The topological polar surface area (TPSA) is 81.7 Å². The quantitative estimate of drug-likeness (QED) is 0.397. The first-order valence-electron chi connectivity index (χ1n) is 9.84. The van der Waals surface area contributed by atoms with Gasteiger partial charge in [-0.05, 0) is 29.8 Å². The Morgan fingerprint density at radius 3 is 2.23 bits per heavy atom. The molecule has 0 saturated carbocycles. The standard InChI is InChI=1S/C24H19ClN6/c25-18-13-11-17(12-14-18)21-20-22(26)31(19-9-5-2-6-10-19)30-23(20)29-24(28-21)27-15-16-7-3-1-4-8-16/h1-14H,15,26H2,(H,27,29,30). The second-order valence-corrected chi connectivity index (χ2v) is 7.51. The summed E-state index contributed by atoms with van der Waals surface area (Å²) in [6.45, 7) is 0.598. The van der Waals surface area contributed by atoms with E-state index in [1.165, 1.54) is 0 Å². The molecule has 0 unspecified atom stereocenters. The van der Waals surface area contributed by atoms with Crippen molar-refractivity contribution in [3.05, 3.63) is 95.5 Å². The lowest BCUT2D eigenvalue weighted by molar-refractivity contribution is 0.899. The molecule has 0 atom stereocenters. The lowest BCUT2D eigenvalue weighted by Crippen LogP contribution is -2.05. The van der Waals surface area contributed by atoms with Gasteiger partial charge in [0.05, 0.1) is 16.8 Å². The number of nitrogens with one attached hydrogen (secondary N) is 1. The fourth-order valence-electron chi connectivity index (χ4n) is 3.45. The van der Waals surface area contributed by atoms with Gasteiger partial charge in [-0.1, -0.05) is 72.3 Å². The average molecular weight is 427 g/mol. The van der Waals surface area contributed by atoms with E-state index < -0.39 is 0 Å². The molecule has 3 aromatic carbocycles. The van der Waals surface area contributed by atoms with Crippen LogP contribution in [0.15, 0.2) is 84.9 Å². The van der Waals surface area contributed by atoms with Crippen molar-refractivity contribution in [2.24, 2.45) is 0 Å². The van der Waals surface area contributed by atoms with E-state index in [0.29, 0.717) is 40.1 Å². The third-order valence-corrected chi connectivity index (χ3v) is 5.23. The third-order valence-electron chi connectivity index (χ3n) is 4.98. The summed E-state index contributed by atoms with van der Waals surface area (Å²) >= 11 is 6.10. The van der Waals surface area contributed by atoms with Gasteiger partial charge < -0.3 is 11.1 Å². The van der Waals surface area contributed by atoms with Crippen molar-refractivity contribution in [2.45, 2.75) is 6.54 Å². The molecule has 5 aromatic rings. The number of rotatable bonds is 5. The predicted octanol–water partition coefficient (Wildman–Crippen LogP) is 5.33. The summed E-state index contributed by atoms with van der Waals surface area (Å²) in [4.78, 5) is 9.43. The van der Waals surface area contributed by atoms with Gasteiger partial charge in [0.1, 0.15) is 5.82 Å². The summed E-state index contributed by atoms with van der Waals surface area (Å²) in [5, 5.41) is 9.34. The van der Waals surface area contributed by atoms with Crippen LogP contribution in [0.1, 0.15) is 5.56 Å². The monoisotopic (exact) mass is 426 g/mol. The minimum atomic E-state index is 0.485. The molecule has 6 nitrogen and oxygen atoms in total. The van der Waals surface area contributed by atoms with E-state index in [0.717, 1.165) is 16.8 Å². The lowest BCUT2D eigenvalue weighted by Gasteiger charge is -2.09. The van der Waals surface area contributed by atoms with Gasteiger partial charge in [0.25, 0.3) is 0 Å². The number of nitrogens with zero attached hydrogens (tertiary/aromatic N) is 4. The molecule has 2 aromatic heterocycles. The van der Waals surface area contributed by atoms with Gasteiger partial charge in [-0.3, -0.25) is 0 Å². The number of nitrogens with two attached hydrogens (primary N) is 1. The van der Waals surface area contributed by atoms with Crippen LogP contribution in [-0.2, 0) is 6.54 Å². The van der Waals surface area contributed by atoms with Gasteiger partial charge in [-0.2, -0.15) is 4.98 Å². The molecule has 0 fully saturated rings. The molecule has 0 aliphatic heterocycles. The number of para-hydroxylation sites is 1. The summed E-state index contributed by atoms with van der Waals surface area (Å²) in [5.74, 6) is 0.972. The number of halogens is 1. The smallest absolute Gasteiger partial charge is 0.225 e. The maximum atomic E-state index is 6.53. The number of hydrogen-bond donors (Lipinski definition) is 2. The Balaban J connectivity index is 1.65. The molecule has 3 N–H and O–H groups in total. The molecule has 0 saturated heterocycles. The van der Waals surface area contributed by atoms with Crippen molar-refractivity contribution >= 4 is 34.4 Å². The fraction of sp³-hybridized carbons (Fsp3) is 0.0417. The minimum absolute atomic E-state index is 0.485. The molecule has 0 aliphatic carbocycles. The highest BCUT2D eigenvalue weighted by molar-refractivity contribution is 6.30. The molecule has 0 bridgehead atoms. The van der Waals surface area contributed by atoms with E-state index in [4.69, 9.17) is 22.3 Å². The van der Waals surface area contributed by atoms with Gasteiger partial charge in [-0.25, -0.2) is 9.67 Å². The Bertz CT molecular complexity index is 1330. The molecular formula is C24H19ClN6. The number of aromatic nitrogens is 4. The molecule has 0 spiro atoms. The zero-order valence-electron chi connectivity index (χ0n) is 16.5. The van der Waals surface area contributed by atoms with E-state index >= 15 is 0 Å². The number of nitrogen functional groups attached to an aromatic ring is 1. The third kappa shape index (κ3) is 3.81. The van der Waals surface area contributed by atoms with Crippen molar-refractivity contribution < 1.29 is 0 Å². The molecule has 0 aliphatic rings. The summed E-state index contributed by atoms with van der Waals surface area (Å²) in [5.41, 5.74) is 10.6. The lowest BCUT2D eigenvalue weighted by atomic mass is 10.1. The first kappa shape index (κ1) is 19.1. The SMILES string of the molecule is Nc1c2c(-c3ccc(Cl)cc3)nc(NCc3ccccc3)nc2nn1-c1ccccc1. The fourth-order valence-corrected chi connectivity index (χ4v) is 3.58. The Morgan fingerprint density at radius 1 is 0.839 bits per heavy atom. The molecule has 0 radical (unpaired) electrons. The minimum Gasteiger partial charge on any atom is -0.383 e. The van der Waals surface area contributed by atoms with Crippen molar-refractivity contribution in [1.29, 1.82) is 0 Å². The summed E-state index contributed by atoms with van der Waals surface area (Å²) in [6.07, 6.45) is 0. The number of benzene rings is 3. The normalized spacial score (nSPS) is 11.0. The Morgan fingerprint density at radius 2 is 1.52 bits per heavy atom. The van der Waals surface area contributed by atoms with Crippen LogP contribution in [0, 0.1) is 0 Å². The molecule has 0 amide bonds. The van der Waals surface area contributed by atoms with Crippen LogP contribution in [0.5, 0.6) is 0 Å². The molecule has 5 rings (SSSR count). The number of fused-ring (bicyclic) bond motifs is 1. The van der Waals surface area contributed by atoms with Gasteiger partial charge >= 0.3 is 0 Å². The summed E-state index contributed by atoms with van der Waals surface area (Å²) in [7, 11) is 0. The zero-order chi connectivity index (χ0) is 21.2. The van der Waals surface area contributed by atoms with Gasteiger partial charge in [0.2, 0.25) is 5.95 Å². The van der Waals surface area contributed by atoms with Crippen LogP contribution in [-0.4, -0.2) is 19.7 Å². The molecule has 7 heteroatoms. The van der Waals surface area contributed by atoms with E-state index in [1.807, 2.05) is 84.9 Å². The highest BCUT2D eigenvalue weighted by Crippen LogP contribution is 2.33. The maximum absolute atomic E-state index is 6.53. The van der Waals surface area contributed by atoms with Gasteiger partial charge in [-0.15, -0.1) is 5.10 Å². The molecule has 31 heavy (non-hydrogen) atoms. The Hall–Kier alpha value is -3.90. The highest BCUT2D eigenvalue weighted by atomic mass is 35.5. The van der Waals surface area contributed by atoms with Crippen LogP contribution >= 0.6 is 11.6 Å². The van der Waals surface area contributed by atoms with Crippen molar-refractivity contribution in [3.63, 3.8) is 0 Å². The van der Waals surface area contributed by atoms with Gasteiger partial charge in [0.15, 0.2) is 5.65 Å². The largest absolute Gasteiger partial charge is 0.383 e. The molecule has 2 heterocycles. The van der Waals surface area contributed by atoms with Crippen LogP contribution in [0.25, 0.3) is 28.0 Å². The second kappa shape index (κ2) is 8.08. The van der Waals surface area contributed by atoms with E-state index in [-0.39, 0.29) is 0 Å². The van der Waals surface area contributed by atoms with Crippen LogP contribution in [0.4, 0.5) is 11.8 Å². The first-order chi connectivity index (χ1) is 15.2. The van der Waals surface area contributed by atoms with Crippen LogP contribution in [0.3, 0.4) is 0 Å². The zero-order valence-corrected chi connectivity index (χ0v) is 17.3. The van der Waals surface area contributed by atoms with Crippen molar-refractivity contribution in [3.8, 4) is 16.9 Å².